The predicted octanol–water partition coefficient (Wildman–Crippen LogP) is 3.25. The average Bonchev–Trinajstić information content (AvgIpc) is 2.41. The molecule has 0 aliphatic rings. The summed E-state index contributed by atoms with van der Waals surface area (Å²) >= 11 is 0. The zero-order valence-electron chi connectivity index (χ0n) is 10.6. The molecule has 0 unspecified atom stereocenters. The second-order valence-electron chi connectivity index (χ2n) is 4.32. The molecule has 4 heteroatoms. The number of nitrogens with zero attached hydrogens (tertiary/aromatic N) is 2. The fourth-order valence-electron chi connectivity index (χ4n) is 1.71. The first-order valence-electron chi connectivity index (χ1n) is 5.97. The minimum absolute atomic E-state index is 0.141. The Labute approximate surface area is 111 Å². The Hall–Kier alpha value is -2.49. The van der Waals surface area contributed by atoms with E-state index in [0.29, 0.717) is 12.1 Å². The molecule has 0 aliphatic carbocycles. The summed E-state index contributed by atoms with van der Waals surface area (Å²) in [6.45, 7) is 1.93. The van der Waals surface area contributed by atoms with Crippen molar-refractivity contribution in [3.05, 3.63) is 81.3 Å². The summed E-state index contributed by atoms with van der Waals surface area (Å²) in [6, 6.07) is 13.1. The van der Waals surface area contributed by atoms with Gasteiger partial charge in [-0.05, 0) is 24.1 Å². The number of pyridine rings is 1. The number of nitro groups is 1. The maximum absolute atomic E-state index is 11.1. The molecular formula is C15H14N2O2. The van der Waals surface area contributed by atoms with Gasteiger partial charge >= 0.3 is 0 Å². The van der Waals surface area contributed by atoms with Crippen LogP contribution in [0.3, 0.4) is 0 Å². The molecule has 0 N–H and O–H groups in total. The van der Waals surface area contributed by atoms with E-state index < -0.39 is 0 Å². The van der Waals surface area contributed by atoms with Crippen LogP contribution in [0.5, 0.6) is 0 Å². The van der Waals surface area contributed by atoms with Gasteiger partial charge in [0.2, 0.25) is 0 Å². The first-order chi connectivity index (χ1) is 9.15. The van der Waals surface area contributed by atoms with Gasteiger partial charge in [0.15, 0.2) is 0 Å². The van der Waals surface area contributed by atoms with Crippen LogP contribution in [0.1, 0.15) is 16.8 Å². The summed E-state index contributed by atoms with van der Waals surface area (Å²) in [5.41, 5.74) is 2.69. The average molecular weight is 254 g/mol. The van der Waals surface area contributed by atoms with Gasteiger partial charge in [-0.25, -0.2) is 0 Å². The molecule has 2 aromatic rings. The summed E-state index contributed by atoms with van der Waals surface area (Å²) in [6.07, 6.45) is 3.52. The number of benzene rings is 1. The molecule has 0 radical (unpaired) electrons. The zero-order valence-corrected chi connectivity index (χ0v) is 10.6. The van der Waals surface area contributed by atoms with E-state index in [2.05, 4.69) is 4.98 Å². The Morgan fingerprint density at radius 2 is 2.00 bits per heavy atom. The van der Waals surface area contributed by atoms with Crippen molar-refractivity contribution < 1.29 is 4.92 Å². The van der Waals surface area contributed by atoms with Gasteiger partial charge in [-0.3, -0.25) is 15.1 Å². The van der Waals surface area contributed by atoms with E-state index in [-0.39, 0.29) is 10.6 Å². The molecule has 2 rings (SSSR count). The Morgan fingerprint density at radius 1 is 1.26 bits per heavy atom. The van der Waals surface area contributed by atoms with Crippen molar-refractivity contribution in [1.29, 1.82) is 0 Å². The number of hydrogen-bond donors (Lipinski definition) is 0. The monoisotopic (exact) mass is 254 g/mol. The van der Waals surface area contributed by atoms with Gasteiger partial charge in [-0.15, -0.1) is 0 Å². The lowest BCUT2D eigenvalue weighted by Gasteiger charge is -2.00. The van der Waals surface area contributed by atoms with Crippen LogP contribution in [0.4, 0.5) is 0 Å². The molecule has 0 amide bonds. The van der Waals surface area contributed by atoms with E-state index in [9.17, 15) is 10.1 Å². The second-order valence-corrected chi connectivity index (χ2v) is 4.32. The smallest absolute Gasteiger partial charge is 0.252 e. The van der Waals surface area contributed by atoms with E-state index in [1.54, 1.807) is 12.3 Å². The largest absolute Gasteiger partial charge is 0.259 e. The molecule has 0 bridgehead atoms. The van der Waals surface area contributed by atoms with Crippen molar-refractivity contribution in [3.63, 3.8) is 0 Å². The summed E-state index contributed by atoms with van der Waals surface area (Å²) in [5.74, 6) is 0. The van der Waals surface area contributed by atoms with Gasteiger partial charge in [0, 0.05) is 12.3 Å². The minimum atomic E-state index is -0.353. The van der Waals surface area contributed by atoms with Crippen LogP contribution >= 0.6 is 0 Å². The Morgan fingerprint density at radius 3 is 2.58 bits per heavy atom. The van der Waals surface area contributed by atoms with Crippen LogP contribution in [0.25, 0.3) is 6.08 Å². The van der Waals surface area contributed by atoms with Gasteiger partial charge in [0.25, 0.3) is 5.70 Å². The Bertz CT molecular complexity index is 589. The predicted molar refractivity (Wildman–Crippen MR) is 74.1 cm³/mol. The molecule has 96 valence electrons. The summed E-state index contributed by atoms with van der Waals surface area (Å²) < 4.78 is 0. The molecular weight excluding hydrogens is 240 g/mol. The lowest BCUT2D eigenvalue weighted by atomic mass is 10.1. The highest BCUT2D eigenvalue weighted by atomic mass is 16.6. The molecule has 1 heterocycles. The molecule has 0 fully saturated rings. The number of rotatable bonds is 4. The van der Waals surface area contributed by atoms with Gasteiger partial charge in [-0.1, -0.05) is 36.4 Å². The molecule has 1 aromatic carbocycles. The highest BCUT2D eigenvalue weighted by Crippen LogP contribution is 2.12. The third-order valence-corrected chi connectivity index (χ3v) is 2.71. The van der Waals surface area contributed by atoms with E-state index in [1.165, 1.54) is 6.08 Å². The van der Waals surface area contributed by atoms with Crippen LogP contribution in [0.2, 0.25) is 0 Å². The maximum atomic E-state index is 11.1. The minimum Gasteiger partial charge on any atom is -0.259 e. The lowest BCUT2D eigenvalue weighted by molar-refractivity contribution is -0.425. The SMILES string of the molecule is Cc1ccc(/C=C(/Cc2ccccc2)[N+](=O)[O-])nc1. The summed E-state index contributed by atoms with van der Waals surface area (Å²) in [5, 5.41) is 11.1. The summed E-state index contributed by atoms with van der Waals surface area (Å²) in [4.78, 5) is 14.9. The topological polar surface area (TPSA) is 56.0 Å². The van der Waals surface area contributed by atoms with Crippen molar-refractivity contribution in [1.82, 2.24) is 4.98 Å². The van der Waals surface area contributed by atoms with Crippen molar-refractivity contribution in [2.24, 2.45) is 0 Å². The Kier molecular flexibility index (Phi) is 4.03. The van der Waals surface area contributed by atoms with Gasteiger partial charge in [-0.2, -0.15) is 0 Å². The van der Waals surface area contributed by atoms with Crippen molar-refractivity contribution in [2.45, 2.75) is 13.3 Å². The molecule has 0 saturated carbocycles. The van der Waals surface area contributed by atoms with Crippen molar-refractivity contribution in [2.75, 3.05) is 0 Å². The van der Waals surface area contributed by atoms with Gasteiger partial charge in [0.05, 0.1) is 17.0 Å². The molecule has 0 atom stereocenters. The lowest BCUT2D eigenvalue weighted by Crippen LogP contribution is -2.02. The van der Waals surface area contributed by atoms with Crippen LogP contribution in [-0.4, -0.2) is 9.91 Å². The third kappa shape index (κ3) is 3.74. The molecule has 0 spiro atoms. The van der Waals surface area contributed by atoms with Crippen LogP contribution in [0, 0.1) is 17.0 Å². The number of aromatic nitrogens is 1. The fourth-order valence-corrected chi connectivity index (χ4v) is 1.71. The third-order valence-electron chi connectivity index (χ3n) is 2.71. The van der Waals surface area contributed by atoms with Crippen LogP contribution in [-0.2, 0) is 6.42 Å². The van der Waals surface area contributed by atoms with Crippen molar-refractivity contribution >= 4 is 6.08 Å². The number of hydrogen-bond acceptors (Lipinski definition) is 3. The molecule has 0 saturated heterocycles. The molecule has 4 nitrogen and oxygen atoms in total. The van der Waals surface area contributed by atoms with Crippen LogP contribution in [0.15, 0.2) is 54.4 Å². The summed E-state index contributed by atoms with van der Waals surface area (Å²) in [7, 11) is 0. The van der Waals surface area contributed by atoms with E-state index in [4.69, 9.17) is 0 Å². The first kappa shape index (κ1) is 13.0. The van der Waals surface area contributed by atoms with E-state index in [1.807, 2.05) is 43.3 Å². The highest BCUT2D eigenvalue weighted by molar-refractivity contribution is 5.47. The fraction of sp³-hybridized carbons (Fsp3) is 0.133. The standard InChI is InChI=1S/C15H14N2O2/c1-12-7-8-14(16-11-12)10-15(17(18)19)9-13-5-3-2-4-6-13/h2-8,10-11H,9H2,1H3/b15-10-. The maximum Gasteiger partial charge on any atom is 0.252 e. The number of allylic oxidation sites excluding steroid dienone is 1. The van der Waals surface area contributed by atoms with Gasteiger partial charge < -0.3 is 0 Å². The Balaban J connectivity index is 2.25. The molecule has 0 aliphatic heterocycles. The first-order valence-corrected chi connectivity index (χ1v) is 5.97. The zero-order chi connectivity index (χ0) is 13.7. The second kappa shape index (κ2) is 5.91. The normalized spacial score (nSPS) is 11.3. The number of aryl methyl sites for hydroxylation is 1. The van der Waals surface area contributed by atoms with Crippen LogP contribution < -0.4 is 0 Å². The van der Waals surface area contributed by atoms with Gasteiger partial charge in [0.1, 0.15) is 0 Å². The van der Waals surface area contributed by atoms with E-state index >= 15 is 0 Å². The molecule has 1 aromatic heterocycles. The highest BCUT2D eigenvalue weighted by Gasteiger charge is 2.12. The van der Waals surface area contributed by atoms with E-state index in [0.717, 1.165) is 11.1 Å². The van der Waals surface area contributed by atoms with Crippen molar-refractivity contribution in [3.8, 4) is 0 Å². The molecule has 19 heavy (non-hydrogen) atoms. The quantitative estimate of drug-likeness (QED) is 0.621.